The van der Waals surface area contributed by atoms with E-state index in [0.29, 0.717) is 52.2 Å². The van der Waals surface area contributed by atoms with Gasteiger partial charge in [-0.05, 0) is 49.4 Å². The fourth-order valence-corrected chi connectivity index (χ4v) is 5.08. The summed E-state index contributed by atoms with van der Waals surface area (Å²) >= 11 is 16.7. The molecule has 0 heterocycles. The number of ether oxygens (including phenoxy) is 6. The van der Waals surface area contributed by atoms with E-state index in [2.05, 4.69) is 50.5 Å². The van der Waals surface area contributed by atoms with Crippen LogP contribution in [-0.4, -0.2) is 106 Å². The average molecular weight is 599 g/mol. The maximum Gasteiger partial charge on any atom is 0.104 e. The van der Waals surface area contributed by atoms with Crippen molar-refractivity contribution < 1.29 is 28.4 Å². The molecule has 0 aromatic rings. The van der Waals surface area contributed by atoms with Gasteiger partial charge in [-0.15, -0.1) is 0 Å². The van der Waals surface area contributed by atoms with Gasteiger partial charge in [-0.25, -0.2) is 0 Å². The van der Waals surface area contributed by atoms with Gasteiger partial charge >= 0.3 is 0 Å². The molecule has 6 nitrogen and oxygen atoms in total. The summed E-state index contributed by atoms with van der Waals surface area (Å²) in [5, 5.41) is 0. The molecule has 0 rings (SSSR count). The highest BCUT2D eigenvalue weighted by atomic mass is 33.1. The van der Waals surface area contributed by atoms with Crippen LogP contribution >= 0.6 is 72.1 Å². The molecule has 0 aromatic carbocycles. The SMILES string of the molecule is SCCCOCC(COCCCS)OCCCSSCCCOCC(COCS)OCCCS. The summed E-state index contributed by atoms with van der Waals surface area (Å²) < 4.78 is 34.2. The summed E-state index contributed by atoms with van der Waals surface area (Å²) in [7, 11) is 3.77. The molecule has 34 heavy (non-hydrogen) atoms. The summed E-state index contributed by atoms with van der Waals surface area (Å²) in [5.74, 6) is 5.00. The van der Waals surface area contributed by atoms with Crippen LogP contribution in [0.1, 0.15) is 32.1 Å². The third kappa shape index (κ3) is 26.9. The molecule has 0 bridgehead atoms. The quantitative estimate of drug-likeness (QED) is 0.0423. The fourth-order valence-electron chi connectivity index (χ4n) is 2.47. The highest BCUT2D eigenvalue weighted by Crippen LogP contribution is 2.22. The summed E-state index contributed by atoms with van der Waals surface area (Å²) in [5.41, 5.74) is 0. The van der Waals surface area contributed by atoms with Crippen molar-refractivity contribution in [3.63, 3.8) is 0 Å². The second-order valence-electron chi connectivity index (χ2n) is 7.29. The molecule has 0 spiro atoms. The van der Waals surface area contributed by atoms with Crippen molar-refractivity contribution >= 4 is 72.1 Å². The van der Waals surface area contributed by atoms with E-state index in [1.54, 1.807) is 0 Å². The van der Waals surface area contributed by atoms with Crippen molar-refractivity contribution in [2.24, 2.45) is 0 Å². The normalized spacial score (nSPS) is 12.6. The lowest BCUT2D eigenvalue weighted by molar-refractivity contribution is -0.0591. The molecule has 0 fully saturated rings. The standard InChI is InChI=1S/C22H46O6S6/c29-11-1-6-23-16-21(17-24-7-2-12-30)28-10-5-15-34-33-14-4-8-25-18-22(19-26-20-32)27-9-3-13-31/h21-22,29-32H,1-20H2. The van der Waals surface area contributed by atoms with E-state index in [4.69, 9.17) is 28.4 Å². The molecule has 206 valence electrons. The minimum atomic E-state index is -0.0420. The Kier molecular flexibility index (Phi) is 32.8. The van der Waals surface area contributed by atoms with Crippen LogP contribution < -0.4 is 0 Å². The Labute approximate surface area is 237 Å². The van der Waals surface area contributed by atoms with Crippen molar-refractivity contribution in [1.82, 2.24) is 0 Å². The first kappa shape index (κ1) is 35.9. The smallest absolute Gasteiger partial charge is 0.104 e. The lowest BCUT2D eigenvalue weighted by Gasteiger charge is -2.18. The van der Waals surface area contributed by atoms with Gasteiger partial charge in [0.15, 0.2) is 0 Å². The van der Waals surface area contributed by atoms with Crippen molar-refractivity contribution in [3.05, 3.63) is 0 Å². The van der Waals surface area contributed by atoms with Crippen LogP contribution in [0.15, 0.2) is 0 Å². The second kappa shape index (κ2) is 31.1. The van der Waals surface area contributed by atoms with Crippen molar-refractivity contribution in [1.29, 1.82) is 0 Å². The zero-order valence-corrected chi connectivity index (χ0v) is 25.6. The minimum absolute atomic E-state index is 0.0153. The number of thiol groups is 4. The molecule has 12 heteroatoms. The topological polar surface area (TPSA) is 55.4 Å². The summed E-state index contributed by atoms with van der Waals surface area (Å²) in [6, 6.07) is 0. The molecule has 0 amide bonds. The first-order valence-electron chi connectivity index (χ1n) is 12.0. The van der Waals surface area contributed by atoms with Gasteiger partial charge < -0.3 is 28.4 Å². The van der Waals surface area contributed by atoms with E-state index in [0.717, 1.165) is 74.1 Å². The summed E-state index contributed by atoms with van der Waals surface area (Å²) in [6.07, 6.45) is 4.79. The molecule has 0 aliphatic carbocycles. The van der Waals surface area contributed by atoms with Crippen LogP contribution in [0.3, 0.4) is 0 Å². The largest absolute Gasteiger partial charge is 0.379 e. The predicted molar refractivity (Wildman–Crippen MR) is 161 cm³/mol. The molecule has 0 saturated carbocycles. The molecule has 0 aliphatic heterocycles. The van der Waals surface area contributed by atoms with Crippen molar-refractivity contribution in [3.8, 4) is 0 Å². The first-order chi connectivity index (χ1) is 16.8. The maximum absolute atomic E-state index is 5.99. The van der Waals surface area contributed by atoms with Crippen molar-refractivity contribution in [2.45, 2.75) is 44.3 Å². The Balaban J connectivity index is 3.70. The minimum Gasteiger partial charge on any atom is -0.379 e. The van der Waals surface area contributed by atoms with Crippen LogP contribution in [-0.2, 0) is 28.4 Å². The summed E-state index contributed by atoms with van der Waals surface area (Å²) in [4.78, 5) is 0. The number of hydrogen-bond donors (Lipinski definition) is 4. The molecule has 0 saturated heterocycles. The van der Waals surface area contributed by atoms with Crippen molar-refractivity contribution in [2.75, 3.05) is 94.2 Å². The lowest BCUT2D eigenvalue weighted by atomic mass is 10.4. The van der Waals surface area contributed by atoms with E-state index in [1.807, 2.05) is 21.6 Å². The van der Waals surface area contributed by atoms with Crippen LogP contribution in [0.2, 0.25) is 0 Å². The molecular formula is C22H46O6S6. The fraction of sp³-hybridized carbons (Fsp3) is 1.00. The van der Waals surface area contributed by atoms with Gasteiger partial charge in [0.1, 0.15) is 12.2 Å². The zero-order valence-electron chi connectivity index (χ0n) is 20.4. The molecule has 0 aliphatic rings. The van der Waals surface area contributed by atoms with Crippen LogP contribution in [0.25, 0.3) is 0 Å². The Morgan fingerprint density at radius 2 is 0.853 bits per heavy atom. The molecule has 1 atom stereocenters. The van der Waals surface area contributed by atoms with Gasteiger partial charge in [0, 0.05) is 44.5 Å². The second-order valence-corrected chi connectivity index (χ2v) is 11.6. The first-order valence-corrected chi connectivity index (χ1v) is 17.0. The molecule has 0 aromatic heterocycles. The van der Waals surface area contributed by atoms with Gasteiger partial charge in [0.05, 0.1) is 32.4 Å². The Morgan fingerprint density at radius 3 is 1.32 bits per heavy atom. The third-order valence-electron chi connectivity index (χ3n) is 4.18. The zero-order chi connectivity index (χ0) is 25.0. The van der Waals surface area contributed by atoms with Gasteiger partial charge in [0.25, 0.3) is 0 Å². The van der Waals surface area contributed by atoms with E-state index in [1.165, 1.54) is 0 Å². The van der Waals surface area contributed by atoms with Gasteiger partial charge in [-0.3, -0.25) is 0 Å². The monoisotopic (exact) mass is 598 g/mol. The highest BCUT2D eigenvalue weighted by molar-refractivity contribution is 8.76. The summed E-state index contributed by atoms with van der Waals surface area (Å²) in [6.45, 7) is 5.74. The third-order valence-corrected chi connectivity index (χ3v) is 7.89. The number of hydrogen-bond acceptors (Lipinski definition) is 12. The van der Waals surface area contributed by atoms with E-state index < -0.39 is 0 Å². The van der Waals surface area contributed by atoms with Crippen LogP contribution in [0, 0.1) is 0 Å². The van der Waals surface area contributed by atoms with Crippen LogP contribution in [0.4, 0.5) is 0 Å². The predicted octanol–water partition coefficient (Wildman–Crippen LogP) is 4.83. The van der Waals surface area contributed by atoms with Gasteiger partial charge in [0.2, 0.25) is 0 Å². The molecule has 0 radical (unpaired) electrons. The average Bonchev–Trinajstić information content (AvgIpc) is 2.85. The molecule has 0 N–H and O–H groups in total. The highest BCUT2D eigenvalue weighted by Gasteiger charge is 2.11. The number of rotatable bonds is 29. The van der Waals surface area contributed by atoms with E-state index in [-0.39, 0.29) is 12.2 Å². The van der Waals surface area contributed by atoms with Crippen LogP contribution in [0.5, 0.6) is 0 Å². The lowest BCUT2D eigenvalue weighted by Crippen LogP contribution is -2.27. The Morgan fingerprint density at radius 1 is 0.471 bits per heavy atom. The molecule has 1 unspecified atom stereocenters. The maximum atomic E-state index is 5.99. The Hall–Kier alpha value is 1.86. The van der Waals surface area contributed by atoms with E-state index in [9.17, 15) is 0 Å². The van der Waals surface area contributed by atoms with Gasteiger partial charge in [-0.1, -0.05) is 21.6 Å². The van der Waals surface area contributed by atoms with E-state index >= 15 is 0 Å². The Bertz CT molecular complexity index is 378. The molecular weight excluding hydrogens is 553 g/mol. The van der Waals surface area contributed by atoms with Gasteiger partial charge in [-0.2, -0.15) is 50.5 Å².